The normalized spacial score (nSPS) is 10.9. The summed E-state index contributed by atoms with van der Waals surface area (Å²) < 4.78 is 13.4. The van der Waals surface area contributed by atoms with Crippen LogP contribution in [0.5, 0.6) is 5.75 Å². The zero-order valence-electron chi connectivity index (χ0n) is 17.9. The summed E-state index contributed by atoms with van der Waals surface area (Å²) in [4.78, 5) is 16.8. The van der Waals surface area contributed by atoms with Gasteiger partial charge in [0.1, 0.15) is 18.2 Å². The summed E-state index contributed by atoms with van der Waals surface area (Å²) in [7, 11) is 0. The van der Waals surface area contributed by atoms with Crippen LogP contribution in [0.25, 0.3) is 11.0 Å². The Balaban J connectivity index is 1.57. The van der Waals surface area contributed by atoms with Crippen molar-refractivity contribution in [2.45, 2.75) is 33.4 Å². The molecule has 0 unspecified atom stereocenters. The lowest BCUT2D eigenvalue weighted by atomic mass is 10.0. The van der Waals surface area contributed by atoms with Gasteiger partial charge in [0.25, 0.3) is 0 Å². The van der Waals surface area contributed by atoms with Crippen LogP contribution in [-0.4, -0.2) is 22.1 Å². The molecule has 0 aliphatic carbocycles. The molecule has 3 aromatic carbocycles. The molecule has 5 heteroatoms. The zero-order valence-corrected chi connectivity index (χ0v) is 17.9. The Morgan fingerprint density at radius 1 is 0.968 bits per heavy atom. The first kappa shape index (κ1) is 20.7. The molecule has 1 aromatic heterocycles. The summed E-state index contributed by atoms with van der Waals surface area (Å²) in [6.07, 6.45) is 0.810. The molecule has 0 fully saturated rings. The maximum atomic E-state index is 12.1. The van der Waals surface area contributed by atoms with Crippen molar-refractivity contribution in [1.82, 2.24) is 9.55 Å². The smallest absolute Gasteiger partial charge is 0.338 e. The highest BCUT2D eigenvalue weighted by atomic mass is 16.5. The number of nitrogens with zero attached hydrogens (tertiary/aromatic N) is 2. The monoisotopic (exact) mass is 414 g/mol. The van der Waals surface area contributed by atoms with Crippen LogP contribution in [-0.2, 0) is 24.3 Å². The highest BCUT2D eigenvalue weighted by Gasteiger charge is 2.14. The quantitative estimate of drug-likeness (QED) is 0.362. The minimum atomic E-state index is -0.330. The van der Waals surface area contributed by atoms with Crippen molar-refractivity contribution in [3.8, 4) is 5.75 Å². The summed E-state index contributed by atoms with van der Waals surface area (Å²) in [6.45, 7) is 5.34. The Labute approximate surface area is 182 Å². The molecular formula is C26H26N2O3. The largest absolute Gasteiger partial charge is 0.485 e. The van der Waals surface area contributed by atoms with Gasteiger partial charge >= 0.3 is 5.97 Å². The van der Waals surface area contributed by atoms with Crippen molar-refractivity contribution >= 4 is 17.0 Å². The first-order chi connectivity index (χ1) is 15.2. The minimum Gasteiger partial charge on any atom is -0.485 e. The first-order valence-electron chi connectivity index (χ1n) is 10.6. The van der Waals surface area contributed by atoms with E-state index in [4.69, 9.17) is 14.5 Å². The topological polar surface area (TPSA) is 53.4 Å². The average molecular weight is 415 g/mol. The highest BCUT2D eigenvalue weighted by molar-refractivity contribution is 5.93. The molecule has 4 rings (SSSR count). The molecule has 158 valence electrons. The van der Waals surface area contributed by atoms with Crippen molar-refractivity contribution in [1.29, 1.82) is 0 Å². The lowest BCUT2D eigenvalue weighted by Crippen LogP contribution is -2.07. The van der Waals surface area contributed by atoms with E-state index in [1.165, 1.54) is 5.56 Å². The van der Waals surface area contributed by atoms with Crippen molar-refractivity contribution in [2.75, 3.05) is 6.61 Å². The van der Waals surface area contributed by atoms with Crippen LogP contribution < -0.4 is 4.74 Å². The fourth-order valence-electron chi connectivity index (χ4n) is 3.73. The van der Waals surface area contributed by atoms with Crippen LogP contribution in [0.1, 0.15) is 41.2 Å². The third-order valence-corrected chi connectivity index (χ3v) is 5.22. The molecular weight excluding hydrogens is 388 g/mol. The second-order valence-electron chi connectivity index (χ2n) is 7.26. The van der Waals surface area contributed by atoms with Crippen LogP contribution in [0.2, 0.25) is 0 Å². The third kappa shape index (κ3) is 4.61. The number of aryl methyl sites for hydroxylation is 1. The molecule has 0 aliphatic heterocycles. The van der Waals surface area contributed by atoms with Gasteiger partial charge in [0.15, 0.2) is 0 Å². The van der Waals surface area contributed by atoms with Crippen LogP contribution >= 0.6 is 0 Å². The molecule has 0 amide bonds. The molecule has 5 nitrogen and oxygen atoms in total. The zero-order chi connectivity index (χ0) is 21.6. The van der Waals surface area contributed by atoms with Gasteiger partial charge in [-0.05, 0) is 49.2 Å². The Kier molecular flexibility index (Phi) is 6.32. The molecule has 0 saturated heterocycles. The van der Waals surface area contributed by atoms with E-state index >= 15 is 0 Å². The Hall–Kier alpha value is -3.60. The van der Waals surface area contributed by atoms with Crippen molar-refractivity contribution in [2.24, 2.45) is 0 Å². The summed E-state index contributed by atoms with van der Waals surface area (Å²) in [6, 6.07) is 24.0. The number of hydrogen-bond acceptors (Lipinski definition) is 4. The van der Waals surface area contributed by atoms with Gasteiger partial charge in [0.05, 0.1) is 23.2 Å². The van der Waals surface area contributed by atoms with E-state index in [1.807, 2.05) is 42.5 Å². The molecule has 0 atom stereocenters. The van der Waals surface area contributed by atoms with E-state index in [1.54, 1.807) is 19.1 Å². The number of esters is 1. The lowest BCUT2D eigenvalue weighted by Gasteiger charge is -2.12. The van der Waals surface area contributed by atoms with E-state index < -0.39 is 0 Å². The predicted octanol–water partition coefficient (Wildman–Crippen LogP) is 5.40. The number of carbonyl (C=O) groups is 1. The molecule has 0 spiro atoms. The number of para-hydroxylation sites is 1. The maximum absolute atomic E-state index is 12.1. The van der Waals surface area contributed by atoms with Crippen LogP contribution in [0, 0.1) is 0 Å². The molecule has 31 heavy (non-hydrogen) atoms. The van der Waals surface area contributed by atoms with Gasteiger partial charge < -0.3 is 14.0 Å². The Bertz CT molecular complexity index is 1180. The van der Waals surface area contributed by atoms with Crippen molar-refractivity contribution in [3.63, 3.8) is 0 Å². The number of rotatable bonds is 8. The second kappa shape index (κ2) is 9.47. The number of imidazole rings is 1. The van der Waals surface area contributed by atoms with Crippen molar-refractivity contribution in [3.05, 3.63) is 95.3 Å². The van der Waals surface area contributed by atoms with Crippen molar-refractivity contribution < 1.29 is 14.3 Å². The minimum absolute atomic E-state index is 0.330. The van der Waals surface area contributed by atoms with Gasteiger partial charge in [0.2, 0.25) is 0 Å². The molecule has 4 aromatic rings. The van der Waals surface area contributed by atoms with E-state index in [2.05, 4.69) is 29.7 Å². The second-order valence-corrected chi connectivity index (χ2v) is 7.26. The number of carbonyl (C=O) groups excluding carboxylic acids is 1. The number of benzene rings is 3. The van der Waals surface area contributed by atoms with Gasteiger partial charge in [-0.2, -0.15) is 0 Å². The van der Waals surface area contributed by atoms with E-state index in [0.717, 1.165) is 41.1 Å². The fourth-order valence-corrected chi connectivity index (χ4v) is 3.73. The van der Waals surface area contributed by atoms with Gasteiger partial charge in [-0.1, -0.05) is 48.5 Å². The average Bonchev–Trinajstić information content (AvgIpc) is 3.16. The Morgan fingerprint density at radius 3 is 2.52 bits per heavy atom. The lowest BCUT2D eigenvalue weighted by molar-refractivity contribution is 0.0526. The third-order valence-electron chi connectivity index (χ3n) is 5.22. The summed E-state index contributed by atoms with van der Waals surface area (Å²) in [5, 5.41) is 0. The highest BCUT2D eigenvalue weighted by Crippen LogP contribution is 2.24. The standard InChI is InChI=1S/C26H26N2O3/c1-3-28-23-15-14-21(26(29)30-4-2)17-22(23)27-25(28)18-31-24-13-9-8-12-20(24)16-19-10-6-5-7-11-19/h5-15,17H,3-4,16,18H2,1-2H3. The number of ether oxygens (including phenoxy) is 2. The number of fused-ring (bicyclic) bond motifs is 1. The number of hydrogen-bond donors (Lipinski definition) is 0. The van der Waals surface area contributed by atoms with E-state index in [0.29, 0.717) is 18.8 Å². The Morgan fingerprint density at radius 2 is 1.74 bits per heavy atom. The van der Waals surface area contributed by atoms with Crippen LogP contribution in [0.3, 0.4) is 0 Å². The van der Waals surface area contributed by atoms with Gasteiger partial charge in [-0.25, -0.2) is 9.78 Å². The molecule has 0 saturated carbocycles. The summed E-state index contributed by atoms with van der Waals surface area (Å²) in [5.41, 5.74) is 4.63. The molecule has 0 aliphatic rings. The van der Waals surface area contributed by atoms with Gasteiger partial charge in [-0.15, -0.1) is 0 Å². The predicted molar refractivity (Wildman–Crippen MR) is 121 cm³/mol. The van der Waals surface area contributed by atoms with Gasteiger partial charge in [-0.3, -0.25) is 0 Å². The SMILES string of the molecule is CCOC(=O)c1ccc2c(c1)nc(COc1ccccc1Cc1ccccc1)n2CC. The molecule has 0 N–H and O–H groups in total. The van der Waals surface area contributed by atoms with Crippen LogP contribution in [0.15, 0.2) is 72.8 Å². The van der Waals surface area contributed by atoms with Crippen LogP contribution in [0.4, 0.5) is 0 Å². The van der Waals surface area contributed by atoms with E-state index in [9.17, 15) is 4.79 Å². The first-order valence-corrected chi connectivity index (χ1v) is 10.6. The summed E-state index contributed by atoms with van der Waals surface area (Å²) in [5.74, 6) is 1.35. The molecule has 0 bridgehead atoms. The number of aromatic nitrogens is 2. The molecule has 1 heterocycles. The van der Waals surface area contributed by atoms with E-state index in [-0.39, 0.29) is 5.97 Å². The summed E-state index contributed by atoms with van der Waals surface area (Å²) >= 11 is 0. The fraction of sp³-hybridized carbons (Fsp3) is 0.231. The molecule has 0 radical (unpaired) electrons. The van der Waals surface area contributed by atoms with Gasteiger partial charge in [0, 0.05) is 13.0 Å². The maximum Gasteiger partial charge on any atom is 0.338 e.